The normalized spacial score (nSPS) is 10.4. The average molecular weight is 1780 g/mol. The zero-order valence-corrected chi connectivity index (χ0v) is 68.6. The molecule has 0 atom stereocenters. The monoisotopic (exact) mass is 1780 g/mol. The molecule has 10 nitrogen and oxygen atoms in total. The molecule has 0 aliphatic heterocycles. The van der Waals surface area contributed by atoms with Crippen LogP contribution in [0.3, 0.4) is 0 Å². The molecule has 0 saturated carbocycles. The molecule has 0 aliphatic rings. The smallest absolute Gasteiger partial charge is 0.501 e. The predicted octanol–water partition coefficient (Wildman–Crippen LogP) is 24.2. The Labute approximate surface area is 665 Å². The molecule has 0 bridgehead atoms. The molecule has 16 aromatic rings. The van der Waals surface area contributed by atoms with Gasteiger partial charge in [-0.25, -0.2) is 0 Å². The molecule has 12 heteroatoms. The first kappa shape index (κ1) is 84.7. The van der Waals surface area contributed by atoms with Crippen molar-refractivity contribution in [1.82, 2.24) is 29.9 Å². The van der Waals surface area contributed by atoms with E-state index in [9.17, 15) is 0 Å². The third-order valence-electron chi connectivity index (χ3n) is 17.8. The summed E-state index contributed by atoms with van der Waals surface area (Å²) in [7, 11) is 2.00. The Hall–Kier alpha value is -10.5. The van der Waals surface area contributed by atoms with Gasteiger partial charge in [0.1, 0.15) is 16.7 Å². The Morgan fingerprint density at radius 2 is 0.611 bits per heavy atom. The first-order valence-corrected chi connectivity index (χ1v) is 35.8. The van der Waals surface area contributed by atoms with Gasteiger partial charge in [-0.15, -0.1) is 162 Å². The number of para-hydroxylation sites is 3. The zero-order chi connectivity index (χ0) is 75.5. The molecule has 8 aromatic carbocycles. The van der Waals surface area contributed by atoms with Crippen molar-refractivity contribution >= 4 is 43.9 Å². The molecule has 0 amide bonds. The first-order valence-electron chi connectivity index (χ1n) is 35.8. The summed E-state index contributed by atoms with van der Waals surface area (Å²) in [5.74, 6) is 2.15. The summed E-state index contributed by atoms with van der Waals surface area (Å²) in [4.78, 5) is 26.6. The number of nitrogens with zero attached hydrogens (tertiary/aromatic N) is 6. The van der Waals surface area contributed by atoms with E-state index in [1.54, 1.807) is 0 Å². The Morgan fingerprint density at radius 1 is 0.287 bits per heavy atom. The number of benzene rings is 8. The van der Waals surface area contributed by atoms with Gasteiger partial charge in [0.2, 0.25) is 0 Å². The van der Waals surface area contributed by atoms with E-state index in [0.717, 1.165) is 126 Å². The van der Waals surface area contributed by atoms with Crippen LogP contribution in [0.1, 0.15) is 124 Å². The number of aromatic nitrogens is 6. The molecule has 16 rings (SSSR count). The molecular weight excluding hydrogens is 1690 g/mol. The van der Waals surface area contributed by atoms with Crippen molar-refractivity contribution in [3.05, 3.63) is 349 Å². The van der Waals surface area contributed by atoms with Crippen molar-refractivity contribution in [3.63, 3.8) is 0 Å². The number of fused-ring (bicyclic) bond motifs is 6. The number of hydrogen-bond acceptors (Lipinski definition) is 10. The van der Waals surface area contributed by atoms with Crippen molar-refractivity contribution in [2.45, 2.75) is 107 Å². The molecule has 0 radical (unpaired) electrons. The minimum atomic E-state index is 0. The molecule has 0 saturated heterocycles. The molecule has 8 heterocycles. The molecule has 0 fully saturated rings. The second kappa shape index (κ2) is 42.7. The molecule has 108 heavy (non-hydrogen) atoms. The van der Waals surface area contributed by atoms with E-state index < -0.39 is 0 Å². The van der Waals surface area contributed by atoms with E-state index in [1.165, 1.54) is 44.5 Å². The van der Waals surface area contributed by atoms with Crippen LogP contribution in [0.15, 0.2) is 283 Å². The number of aliphatic hydroxyl groups excluding tert-OH is 2. The Morgan fingerprint density at radius 3 is 0.963 bits per heavy atom. The molecular formula is C96H93Ir2N6O4+. The summed E-state index contributed by atoms with van der Waals surface area (Å²) in [5, 5.41) is 18.5. The van der Waals surface area contributed by atoms with Gasteiger partial charge < -0.3 is 44.0 Å². The maximum atomic E-state index is 7.00. The van der Waals surface area contributed by atoms with Gasteiger partial charge in [-0.3, -0.25) is 4.98 Å². The van der Waals surface area contributed by atoms with E-state index >= 15 is 0 Å². The Kier molecular flexibility index (Phi) is 33.5. The zero-order valence-electron chi connectivity index (χ0n) is 63.9. The van der Waals surface area contributed by atoms with Gasteiger partial charge in [-0.05, 0) is 145 Å². The maximum absolute atomic E-state index is 7.00. The van der Waals surface area contributed by atoms with Crippen LogP contribution in [0.4, 0.5) is 0 Å². The summed E-state index contributed by atoms with van der Waals surface area (Å²) < 4.78 is 12.1. The van der Waals surface area contributed by atoms with Gasteiger partial charge in [-0.1, -0.05) is 173 Å². The third kappa shape index (κ3) is 22.8. The van der Waals surface area contributed by atoms with Crippen LogP contribution in [-0.2, 0) is 40.2 Å². The van der Waals surface area contributed by atoms with E-state index in [1.807, 2.05) is 183 Å². The summed E-state index contributed by atoms with van der Waals surface area (Å²) in [6.45, 7) is 25.9. The summed E-state index contributed by atoms with van der Waals surface area (Å²) in [6, 6.07) is 95.2. The van der Waals surface area contributed by atoms with Crippen LogP contribution in [0, 0.1) is 58.0 Å². The minimum Gasteiger partial charge on any atom is -0.501 e. The Balaban J connectivity index is 0.000000179. The van der Waals surface area contributed by atoms with Crippen LogP contribution in [0.2, 0.25) is 0 Å². The molecule has 548 valence electrons. The fourth-order valence-electron chi connectivity index (χ4n) is 11.4. The quantitative estimate of drug-likeness (QED) is 0.127. The maximum Gasteiger partial charge on any atom is 3.00 e. The van der Waals surface area contributed by atoms with Crippen molar-refractivity contribution < 1.29 is 59.3 Å². The standard InChI is InChI=1S/C19H15NO.C19H14NO.4C14H14N.2CH4O.2Ir/c2*1-12-10-17(20-11-13(12)2)16-8-5-7-15-14-6-3-4-9-18(14)21-19(15)16;4*1-11(2)13-8-9-15-14(10-13)12-6-4-3-5-7-12;2*1-2;;/h3-11H,1-2H3;3-7,9-11H,1-2H3;4*3-6,8-11H,1-2H3;2*2H,1H3;;/q;5*-1;;;2*+3. The van der Waals surface area contributed by atoms with E-state index in [4.69, 9.17) is 19.0 Å². The summed E-state index contributed by atoms with van der Waals surface area (Å²) >= 11 is 0. The average Bonchev–Trinajstić information content (AvgIpc) is 1.63. The van der Waals surface area contributed by atoms with Gasteiger partial charge in [0.25, 0.3) is 0 Å². The topological polar surface area (TPSA) is 144 Å². The van der Waals surface area contributed by atoms with Crippen LogP contribution < -0.4 is 0 Å². The molecule has 0 spiro atoms. The number of pyridine rings is 6. The van der Waals surface area contributed by atoms with Gasteiger partial charge in [0, 0.05) is 73.1 Å². The third-order valence-corrected chi connectivity index (χ3v) is 17.8. The number of aliphatic hydroxyl groups is 2. The SMILES string of the molecule is CC(C)c1ccnc(-c2[c-]cccc2)c1.CC(C)c1ccnc(-c2[c-]cccc2)c1.CC(C)c1ccnc(-c2[c-]cccc2)c1.CC(C)c1ccnc(-c2[c-]cccc2)c1.CO.CO.Cc1cnc(-c2[c-]ccc3c2oc2ccccc23)cc1C.Cc1cnc(-c2cccc3c2oc2ccccc23)cc1C.[Ir+3].[Ir+3]. The van der Waals surface area contributed by atoms with Crippen LogP contribution in [-0.4, -0.2) is 54.3 Å². The van der Waals surface area contributed by atoms with E-state index in [-0.39, 0.29) is 40.2 Å². The number of rotatable bonds is 10. The minimum absolute atomic E-state index is 0. The van der Waals surface area contributed by atoms with E-state index in [0.29, 0.717) is 23.7 Å². The Bertz CT molecular complexity index is 4870. The van der Waals surface area contributed by atoms with Gasteiger partial charge in [0.05, 0.1) is 11.3 Å². The number of aryl methyl sites for hydroxylation is 4. The van der Waals surface area contributed by atoms with Crippen LogP contribution in [0.5, 0.6) is 0 Å². The van der Waals surface area contributed by atoms with Crippen molar-refractivity contribution in [1.29, 1.82) is 0 Å². The number of furan rings is 2. The van der Waals surface area contributed by atoms with Crippen LogP contribution >= 0.6 is 0 Å². The second-order valence-electron chi connectivity index (χ2n) is 26.4. The van der Waals surface area contributed by atoms with Crippen molar-refractivity contribution in [2.75, 3.05) is 14.2 Å². The summed E-state index contributed by atoms with van der Waals surface area (Å²) in [6.07, 6.45) is 11.3. The fraction of sp³-hybridized carbons (Fsp3) is 0.188. The van der Waals surface area contributed by atoms with E-state index in [2.05, 4.69) is 234 Å². The largest absolute Gasteiger partial charge is 3.00 e. The van der Waals surface area contributed by atoms with Crippen molar-refractivity contribution in [2.24, 2.45) is 0 Å². The second-order valence-corrected chi connectivity index (χ2v) is 26.4. The molecule has 0 unspecified atom stereocenters. The molecule has 8 aromatic heterocycles. The molecule has 0 aliphatic carbocycles. The van der Waals surface area contributed by atoms with Crippen LogP contribution in [0.25, 0.3) is 111 Å². The van der Waals surface area contributed by atoms with Gasteiger partial charge in [0.15, 0.2) is 0 Å². The van der Waals surface area contributed by atoms with Gasteiger partial charge >= 0.3 is 40.2 Å². The fourth-order valence-corrected chi connectivity index (χ4v) is 11.4. The first-order chi connectivity index (χ1) is 51.6. The summed E-state index contributed by atoms with van der Waals surface area (Å²) in [5.41, 5.74) is 25.8. The van der Waals surface area contributed by atoms with Gasteiger partial charge in [-0.2, -0.15) is 0 Å². The van der Waals surface area contributed by atoms with Crippen molar-refractivity contribution in [3.8, 4) is 67.5 Å². The number of hydrogen-bond donors (Lipinski definition) is 2. The predicted molar refractivity (Wildman–Crippen MR) is 438 cm³/mol. The molecule has 2 N–H and O–H groups in total.